The molecule has 5 aromatic carbocycles. The van der Waals surface area contributed by atoms with Crippen molar-refractivity contribution in [2.45, 2.75) is 0 Å². The number of nitrogens with zero attached hydrogens (tertiary/aromatic N) is 1. The zero-order chi connectivity index (χ0) is 21.5. The Bertz CT molecular complexity index is 1560. The lowest BCUT2D eigenvalue weighted by atomic mass is 9.99. The lowest BCUT2D eigenvalue weighted by Gasteiger charge is -2.14. The summed E-state index contributed by atoms with van der Waals surface area (Å²) in [4.78, 5) is 0. The zero-order valence-electron chi connectivity index (χ0n) is 17.4. The number of hydrogen-bond donors (Lipinski definition) is 0. The molecule has 152 valence electrons. The zero-order valence-corrected chi connectivity index (χ0v) is 19.5. The minimum Gasteiger partial charge on any atom is -0.309 e. The molecule has 2 heteroatoms. The van der Waals surface area contributed by atoms with Gasteiger partial charge >= 0.3 is 0 Å². The van der Waals surface area contributed by atoms with Crippen LogP contribution in [0.1, 0.15) is 0 Å². The van der Waals surface area contributed by atoms with E-state index >= 15 is 0 Å². The number of para-hydroxylation sites is 2. The molecule has 0 spiro atoms. The predicted octanol–water partition coefficient (Wildman–Crippen LogP) is 8.72. The van der Waals surface area contributed by atoms with Crippen LogP contribution < -0.4 is 0 Å². The van der Waals surface area contributed by atoms with Gasteiger partial charge in [-0.05, 0) is 63.5 Å². The second kappa shape index (κ2) is 7.95. The fourth-order valence-corrected chi connectivity index (χ4v) is 5.06. The highest BCUT2D eigenvalue weighted by molar-refractivity contribution is 14.1. The van der Waals surface area contributed by atoms with Crippen molar-refractivity contribution in [1.29, 1.82) is 0 Å². The lowest BCUT2D eigenvalue weighted by Crippen LogP contribution is -1.97. The summed E-state index contributed by atoms with van der Waals surface area (Å²) in [7, 11) is 0. The van der Waals surface area contributed by atoms with Crippen molar-refractivity contribution in [2.24, 2.45) is 0 Å². The van der Waals surface area contributed by atoms with Crippen LogP contribution in [0, 0.1) is 3.57 Å². The molecule has 0 saturated heterocycles. The van der Waals surface area contributed by atoms with E-state index in [1.165, 1.54) is 53.3 Å². The van der Waals surface area contributed by atoms with Crippen LogP contribution in [0.4, 0.5) is 0 Å². The first-order valence-corrected chi connectivity index (χ1v) is 11.8. The second-order valence-corrected chi connectivity index (χ2v) is 9.22. The number of aromatic nitrogens is 1. The summed E-state index contributed by atoms with van der Waals surface area (Å²) in [6, 6.07) is 43.6. The fraction of sp³-hybridized carbons (Fsp3) is 0. The van der Waals surface area contributed by atoms with E-state index in [1.54, 1.807) is 0 Å². The van der Waals surface area contributed by atoms with Crippen LogP contribution in [0.25, 0.3) is 49.7 Å². The summed E-state index contributed by atoms with van der Waals surface area (Å²) in [5, 5.41) is 2.57. The Balaban J connectivity index is 1.57. The van der Waals surface area contributed by atoms with Crippen molar-refractivity contribution in [3.05, 3.63) is 125 Å². The Hall–Kier alpha value is -3.37. The van der Waals surface area contributed by atoms with E-state index in [0.29, 0.717) is 0 Å². The summed E-state index contributed by atoms with van der Waals surface area (Å²) in [5.74, 6) is 0. The van der Waals surface area contributed by atoms with Gasteiger partial charge in [0.15, 0.2) is 0 Å². The van der Waals surface area contributed by atoms with E-state index in [2.05, 4.69) is 148 Å². The first kappa shape index (κ1) is 19.3. The fourth-order valence-electron chi connectivity index (χ4n) is 4.59. The maximum Gasteiger partial charge on any atom is 0.0551 e. The average molecular weight is 521 g/mol. The van der Waals surface area contributed by atoms with Gasteiger partial charge < -0.3 is 4.57 Å². The van der Waals surface area contributed by atoms with Crippen molar-refractivity contribution in [2.75, 3.05) is 0 Å². The Morgan fingerprint density at radius 1 is 0.469 bits per heavy atom. The summed E-state index contributed by atoms with van der Waals surface area (Å²) in [5.41, 5.74) is 8.60. The van der Waals surface area contributed by atoms with Crippen LogP contribution in [-0.4, -0.2) is 4.57 Å². The molecule has 0 N–H and O–H groups in total. The van der Waals surface area contributed by atoms with Gasteiger partial charge in [0, 0.05) is 19.9 Å². The van der Waals surface area contributed by atoms with Crippen LogP contribution in [-0.2, 0) is 0 Å². The molecule has 0 atom stereocenters. The number of benzene rings is 5. The van der Waals surface area contributed by atoms with Crippen molar-refractivity contribution >= 4 is 44.4 Å². The van der Waals surface area contributed by atoms with Crippen molar-refractivity contribution < 1.29 is 0 Å². The van der Waals surface area contributed by atoms with Gasteiger partial charge in [0.25, 0.3) is 0 Å². The highest BCUT2D eigenvalue weighted by Crippen LogP contribution is 2.37. The van der Waals surface area contributed by atoms with Gasteiger partial charge in [-0.15, -0.1) is 0 Å². The highest BCUT2D eigenvalue weighted by atomic mass is 127. The number of fused-ring (bicyclic) bond motifs is 3. The Labute approximate surface area is 201 Å². The van der Waals surface area contributed by atoms with E-state index < -0.39 is 0 Å². The largest absolute Gasteiger partial charge is 0.309 e. The van der Waals surface area contributed by atoms with Crippen LogP contribution >= 0.6 is 22.6 Å². The minimum atomic E-state index is 1.20. The summed E-state index contributed by atoms with van der Waals surface area (Å²) < 4.78 is 3.65. The molecule has 1 aromatic heterocycles. The molecule has 0 unspecified atom stereocenters. The quantitative estimate of drug-likeness (QED) is 0.205. The summed E-state index contributed by atoms with van der Waals surface area (Å²) >= 11 is 2.40. The second-order valence-electron chi connectivity index (χ2n) is 7.97. The Morgan fingerprint density at radius 2 is 1.09 bits per heavy atom. The molecule has 0 saturated carbocycles. The first-order valence-electron chi connectivity index (χ1n) is 10.7. The lowest BCUT2D eigenvalue weighted by molar-refractivity contribution is 1.18. The smallest absolute Gasteiger partial charge is 0.0551 e. The maximum absolute atomic E-state index is 2.41. The van der Waals surface area contributed by atoms with Crippen LogP contribution in [0.5, 0.6) is 0 Å². The number of hydrogen-bond acceptors (Lipinski definition) is 0. The average Bonchev–Trinajstić information content (AvgIpc) is 3.18. The van der Waals surface area contributed by atoms with Crippen molar-refractivity contribution in [3.63, 3.8) is 0 Å². The molecule has 6 rings (SSSR count). The molecule has 0 aliphatic heterocycles. The van der Waals surface area contributed by atoms with Crippen LogP contribution in [0.15, 0.2) is 121 Å². The van der Waals surface area contributed by atoms with E-state index in [0.717, 1.165) is 0 Å². The van der Waals surface area contributed by atoms with Gasteiger partial charge in [-0.3, -0.25) is 0 Å². The highest BCUT2D eigenvalue weighted by Gasteiger charge is 2.15. The molecule has 0 bridgehead atoms. The van der Waals surface area contributed by atoms with Crippen molar-refractivity contribution in [1.82, 2.24) is 4.57 Å². The predicted molar refractivity (Wildman–Crippen MR) is 144 cm³/mol. The van der Waals surface area contributed by atoms with Gasteiger partial charge in [-0.2, -0.15) is 0 Å². The van der Waals surface area contributed by atoms with E-state index in [1.807, 2.05) is 0 Å². The monoisotopic (exact) mass is 521 g/mol. The molecule has 0 amide bonds. The molecule has 32 heavy (non-hydrogen) atoms. The standard InChI is InChI=1S/C30H20IN/c31-24-18-19-27-26-11-5-7-13-29(26)32(30(27)20-24)28-12-6-4-10-25(28)23-16-14-22(15-17-23)21-8-2-1-3-9-21/h1-20H. The molecule has 0 radical (unpaired) electrons. The number of rotatable bonds is 3. The Morgan fingerprint density at radius 3 is 1.94 bits per heavy atom. The van der Waals surface area contributed by atoms with Gasteiger partial charge in [-0.25, -0.2) is 0 Å². The van der Waals surface area contributed by atoms with E-state index in [9.17, 15) is 0 Å². The molecule has 6 aromatic rings. The third-order valence-corrected chi connectivity index (χ3v) is 6.75. The van der Waals surface area contributed by atoms with Crippen molar-refractivity contribution in [3.8, 4) is 27.9 Å². The third-order valence-electron chi connectivity index (χ3n) is 6.08. The topological polar surface area (TPSA) is 4.93 Å². The van der Waals surface area contributed by atoms with Gasteiger partial charge in [-0.1, -0.05) is 97.1 Å². The Kier molecular flexibility index (Phi) is 4.80. The maximum atomic E-state index is 2.41. The van der Waals surface area contributed by atoms with E-state index in [4.69, 9.17) is 0 Å². The van der Waals surface area contributed by atoms with Gasteiger partial charge in [0.2, 0.25) is 0 Å². The molecule has 1 heterocycles. The molecule has 0 aliphatic rings. The first-order chi connectivity index (χ1) is 15.8. The minimum absolute atomic E-state index is 1.20. The summed E-state index contributed by atoms with van der Waals surface area (Å²) in [6.45, 7) is 0. The molecule has 1 nitrogen and oxygen atoms in total. The van der Waals surface area contributed by atoms with Crippen LogP contribution in [0.2, 0.25) is 0 Å². The molecular weight excluding hydrogens is 501 g/mol. The summed E-state index contributed by atoms with van der Waals surface area (Å²) in [6.07, 6.45) is 0. The molecule has 0 aliphatic carbocycles. The molecule has 0 fully saturated rings. The normalized spacial score (nSPS) is 11.3. The van der Waals surface area contributed by atoms with Gasteiger partial charge in [0.05, 0.1) is 16.7 Å². The third kappa shape index (κ3) is 3.23. The number of halogens is 1. The van der Waals surface area contributed by atoms with Crippen LogP contribution in [0.3, 0.4) is 0 Å². The SMILES string of the molecule is Ic1ccc2c3ccccc3n(-c3ccccc3-c3ccc(-c4ccccc4)cc3)c2c1. The van der Waals surface area contributed by atoms with E-state index in [-0.39, 0.29) is 0 Å². The molecular formula is C30H20IN. The van der Waals surface area contributed by atoms with Gasteiger partial charge in [0.1, 0.15) is 0 Å².